The summed E-state index contributed by atoms with van der Waals surface area (Å²) in [5.74, 6) is -1.15. The second-order valence-electron chi connectivity index (χ2n) is 3.34. The van der Waals surface area contributed by atoms with E-state index in [1.54, 1.807) is 13.8 Å². The highest BCUT2D eigenvalue weighted by molar-refractivity contribution is 7.51. The summed E-state index contributed by atoms with van der Waals surface area (Å²) in [4.78, 5) is 28.0. The van der Waals surface area contributed by atoms with Gasteiger partial charge in [-0.1, -0.05) is 13.8 Å². The summed E-state index contributed by atoms with van der Waals surface area (Å²) in [6, 6.07) is -1.09. The van der Waals surface area contributed by atoms with Crippen LogP contribution in [0.5, 0.6) is 0 Å². The predicted molar refractivity (Wildman–Crippen MR) is 48.4 cm³/mol. The van der Waals surface area contributed by atoms with Gasteiger partial charge < -0.3 is 20.7 Å². The van der Waals surface area contributed by atoms with Gasteiger partial charge in [0.1, 0.15) is 12.3 Å². The Morgan fingerprint density at radius 2 is 1.93 bits per heavy atom. The van der Waals surface area contributed by atoms with E-state index in [2.05, 4.69) is 0 Å². The third kappa shape index (κ3) is 4.69. The number of hydroxylamine groups is 2. The van der Waals surface area contributed by atoms with Crippen molar-refractivity contribution in [3.05, 3.63) is 0 Å². The molecule has 0 bridgehead atoms. The van der Waals surface area contributed by atoms with Crippen molar-refractivity contribution in [2.24, 2.45) is 11.7 Å². The number of hydrogen-bond acceptors (Lipinski definition) is 4. The third-order valence-electron chi connectivity index (χ3n) is 1.57. The summed E-state index contributed by atoms with van der Waals surface area (Å²) in [5, 5.41) is 9.51. The molecule has 0 fully saturated rings. The maximum Gasteiger partial charge on any atom is 0.341 e. The normalized spacial score (nSPS) is 14.8. The van der Waals surface area contributed by atoms with E-state index in [1.165, 1.54) is 0 Å². The van der Waals surface area contributed by atoms with Crippen LogP contribution < -0.4 is 5.73 Å². The lowest BCUT2D eigenvalue weighted by molar-refractivity contribution is -0.153. The zero-order chi connectivity index (χ0) is 11.5. The molecule has 14 heavy (non-hydrogen) atoms. The van der Waals surface area contributed by atoms with Gasteiger partial charge in [-0.3, -0.25) is 9.36 Å². The van der Waals surface area contributed by atoms with Crippen molar-refractivity contribution >= 4 is 13.5 Å². The molecule has 8 heteroatoms. The van der Waals surface area contributed by atoms with Crippen molar-refractivity contribution in [3.8, 4) is 0 Å². The SMILES string of the molecule is CC(C)[C@@H](C(N)=O)N(O)CP(=O)(O)O. The molecule has 1 amide bonds. The molecule has 0 rings (SSSR count). The highest BCUT2D eigenvalue weighted by Gasteiger charge is 2.30. The second-order valence-corrected chi connectivity index (χ2v) is 4.95. The minimum atomic E-state index is -4.39. The Morgan fingerprint density at radius 1 is 1.50 bits per heavy atom. The molecule has 0 aromatic heterocycles. The Hall–Kier alpha value is -0.460. The van der Waals surface area contributed by atoms with Gasteiger partial charge in [-0.25, -0.2) is 0 Å². The van der Waals surface area contributed by atoms with Gasteiger partial charge in [-0.15, -0.1) is 0 Å². The number of nitrogens with two attached hydrogens (primary N) is 1. The van der Waals surface area contributed by atoms with E-state index < -0.39 is 25.8 Å². The van der Waals surface area contributed by atoms with Crippen molar-refractivity contribution in [1.82, 2.24) is 5.06 Å². The molecule has 0 spiro atoms. The van der Waals surface area contributed by atoms with Gasteiger partial charge in [0.2, 0.25) is 5.91 Å². The number of carbonyl (C=O) groups excluding carboxylic acids is 1. The molecule has 0 aromatic carbocycles. The summed E-state index contributed by atoms with van der Waals surface area (Å²) in [6.45, 7) is 3.22. The lowest BCUT2D eigenvalue weighted by Gasteiger charge is -2.26. The van der Waals surface area contributed by atoms with E-state index in [-0.39, 0.29) is 11.0 Å². The third-order valence-corrected chi connectivity index (χ3v) is 2.23. The van der Waals surface area contributed by atoms with Crippen molar-refractivity contribution in [1.29, 1.82) is 0 Å². The first-order valence-corrected chi connectivity index (χ1v) is 5.74. The average Bonchev–Trinajstić information content (AvgIpc) is 1.78. The molecule has 84 valence electrons. The summed E-state index contributed by atoms with van der Waals surface area (Å²) in [7, 11) is -4.39. The molecule has 7 nitrogen and oxygen atoms in total. The van der Waals surface area contributed by atoms with Gasteiger partial charge in [-0.2, -0.15) is 5.06 Å². The van der Waals surface area contributed by atoms with Crippen LogP contribution in [0.25, 0.3) is 0 Å². The number of rotatable bonds is 5. The molecular formula is C6H15N2O5P. The minimum absolute atomic E-state index is 0.285. The van der Waals surface area contributed by atoms with E-state index in [9.17, 15) is 14.6 Å². The molecule has 0 radical (unpaired) electrons. The van der Waals surface area contributed by atoms with E-state index in [4.69, 9.17) is 15.5 Å². The Bertz CT molecular complexity index is 251. The van der Waals surface area contributed by atoms with Gasteiger partial charge in [0.05, 0.1) is 0 Å². The molecule has 0 saturated heterocycles. The maximum absolute atomic E-state index is 10.8. The quantitative estimate of drug-likeness (QED) is 0.364. The van der Waals surface area contributed by atoms with Crippen LogP contribution in [0.15, 0.2) is 0 Å². The number of hydrogen-bond donors (Lipinski definition) is 4. The average molecular weight is 226 g/mol. The van der Waals surface area contributed by atoms with Crippen molar-refractivity contribution in [2.75, 3.05) is 6.29 Å². The fourth-order valence-corrected chi connectivity index (χ4v) is 1.65. The van der Waals surface area contributed by atoms with E-state index >= 15 is 0 Å². The molecule has 0 unspecified atom stereocenters. The van der Waals surface area contributed by atoms with Crippen LogP contribution in [-0.2, 0) is 9.36 Å². The fourth-order valence-electron chi connectivity index (χ4n) is 1.10. The molecule has 0 heterocycles. The first kappa shape index (κ1) is 13.5. The molecule has 0 saturated carbocycles. The van der Waals surface area contributed by atoms with Gasteiger partial charge in [-0.05, 0) is 5.92 Å². The fraction of sp³-hybridized carbons (Fsp3) is 0.833. The second kappa shape index (κ2) is 4.86. The molecule has 0 aliphatic heterocycles. The zero-order valence-electron chi connectivity index (χ0n) is 7.99. The molecule has 0 aliphatic carbocycles. The van der Waals surface area contributed by atoms with Crippen molar-refractivity contribution in [3.63, 3.8) is 0 Å². The topological polar surface area (TPSA) is 124 Å². The standard InChI is InChI=1S/C6H15N2O5P/c1-4(2)5(6(7)9)8(10)3-14(11,12)13/h4-5,10H,3H2,1-2H3,(H2,7,9)(H2,11,12,13)/t5-/m0/s1. The van der Waals surface area contributed by atoms with Crippen molar-refractivity contribution < 1.29 is 24.4 Å². The lowest BCUT2D eigenvalue weighted by atomic mass is 10.0. The first-order chi connectivity index (χ1) is 6.15. The Kier molecular flexibility index (Phi) is 4.70. The van der Waals surface area contributed by atoms with Crippen LogP contribution in [0.3, 0.4) is 0 Å². The van der Waals surface area contributed by atoms with Crippen LogP contribution in [0.2, 0.25) is 0 Å². The van der Waals surface area contributed by atoms with Gasteiger partial charge >= 0.3 is 7.60 Å². The Labute approximate surface area is 81.6 Å². The molecule has 1 atom stereocenters. The predicted octanol–water partition coefficient (Wildman–Crippen LogP) is -0.677. The molecule has 0 aliphatic rings. The first-order valence-electron chi connectivity index (χ1n) is 3.94. The van der Waals surface area contributed by atoms with E-state index in [0.717, 1.165) is 0 Å². The number of carbonyl (C=O) groups is 1. The largest absolute Gasteiger partial charge is 0.368 e. The summed E-state index contributed by atoms with van der Waals surface area (Å²) in [6.07, 6.45) is -0.904. The molecule has 5 N–H and O–H groups in total. The highest BCUT2D eigenvalue weighted by Crippen LogP contribution is 2.35. The molecule has 0 aromatic rings. The zero-order valence-corrected chi connectivity index (χ0v) is 8.89. The number of nitrogens with zero attached hydrogens (tertiary/aromatic N) is 1. The monoisotopic (exact) mass is 226 g/mol. The van der Waals surface area contributed by atoms with Crippen LogP contribution >= 0.6 is 7.60 Å². The van der Waals surface area contributed by atoms with Gasteiger partial charge in [0.15, 0.2) is 0 Å². The van der Waals surface area contributed by atoms with Gasteiger partial charge in [0.25, 0.3) is 0 Å². The molecular weight excluding hydrogens is 211 g/mol. The minimum Gasteiger partial charge on any atom is -0.368 e. The Balaban J connectivity index is 4.54. The highest BCUT2D eigenvalue weighted by atomic mass is 31.2. The van der Waals surface area contributed by atoms with E-state index in [1.807, 2.05) is 0 Å². The number of amides is 1. The van der Waals surface area contributed by atoms with Crippen LogP contribution in [0.1, 0.15) is 13.8 Å². The Morgan fingerprint density at radius 3 is 2.14 bits per heavy atom. The van der Waals surface area contributed by atoms with Gasteiger partial charge in [0, 0.05) is 0 Å². The maximum atomic E-state index is 10.8. The smallest absolute Gasteiger partial charge is 0.341 e. The van der Waals surface area contributed by atoms with Crippen LogP contribution in [-0.4, -0.2) is 38.3 Å². The summed E-state index contributed by atoms with van der Waals surface area (Å²) >= 11 is 0. The number of primary amides is 1. The summed E-state index contributed by atoms with van der Waals surface area (Å²) in [5.41, 5.74) is 4.96. The van der Waals surface area contributed by atoms with Crippen molar-refractivity contribution in [2.45, 2.75) is 19.9 Å². The van der Waals surface area contributed by atoms with Crippen LogP contribution in [0, 0.1) is 5.92 Å². The van der Waals surface area contributed by atoms with E-state index in [0.29, 0.717) is 0 Å². The lowest BCUT2D eigenvalue weighted by Crippen LogP contribution is -2.46. The summed E-state index contributed by atoms with van der Waals surface area (Å²) < 4.78 is 10.5. The van der Waals surface area contributed by atoms with Crippen LogP contribution in [0.4, 0.5) is 0 Å².